The lowest BCUT2D eigenvalue weighted by Crippen LogP contribution is -2.08. The average Bonchev–Trinajstić information content (AvgIpc) is 3.06. The van der Waals surface area contributed by atoms with Crippen molar-refractivity contribution in [2.75, 3.05) is 14.2 Å². The van der Waals surface area contributed by atoms with Crippen molar-refractivity contribution < 1.29 is 19.0 Å². The number of fused-ring (bicyclic) bond motifs is 3. The fourth-order valence-corrected chi connectivity index (χ4v) is 3.51. The molecule has 3 aromatic carbocycles. The number of carbonyl (C=O) groups excluding carboxylic acids is 1. The minimum atomic E-state index is -0.397. The van der Waals surface area contributed by atoms with Gasteiger partial charge in [-0.2, -0.15) is 0 Å². The molecule has 0 saturated carbocycles. The molecular formula is C24H20O4. The van der Waals surface area contributed by atoms with Crippen molar-refractivity contribution >= 4 is 12.0 Å². The Bertz CT molecular complexity index is 1010. The number of rotatable bonds is 5. The molecule has 3 aromatic rings. The SMILES string of the molecule is COc1ccc(/C=C/C(=O)OC2c3ccccc3-c3ccccc32)cc1OC. The highest BCUT2D eigenvalue weighted by Gasteiger charge is 2.30. The fourth-order valence-electron chi connectivity index (χ4n) is 3.51. The first kappa shape index (κ1) is 17.9. The molecule has 0 N–H and O–H groups in total. The van der Waals surface area contributed by atoms with Gasteiger partial charge in [0.1, 0.15) is 0 Å². The molecule has 0 atom stereocenters. The highest BCUT2D eigenvalue weighted by atomic mass is 16.5. The first-order valence-electron chi connectivity index (χ1n) is 9.00. The molecule has 0 unspecified atom stereocenters. The summed E-state index contributed by atoms with van der Waals surface area (Å²) in [6.45, 7) is 0. The van der Waals surface area contributed by atoms with Crippen LogP contribution in [0.3, 0.4) is 0 Å². The summed E-state index contributed by atoms with van der Waals surface area (Å²) in [7, 11) is 3.16. The van der Waals surface area contributed by atoms with Crippen LogP contribution in [0.15, 0.2) is 72.8 Å². The van der Waals surface area contributed by atoms with Crippen LogP contribution in [0.5, 0.6) is 11.5 Å². The van der Waals surface area contributed by atoms with Gasteiger partial charge in [0.05, 0.1) is 14.2 Å². The van der Waals surface area contributed by atoms with E-state index in [-0.39, 0.29) is 0 Å². The van der Waals surface area contributed by atoms with E-state index in [0.717, 1.165) is 27.8 Å². The van der Waals surface area contributed by atoms with Gasteiger partial charge in [-0.05, 0) is 34.9 Å². The predicted molar refractivity (Wildman–Crippen MR) is 108 cm³/mol. The van der Waals surface area contributed by atoms with Crippen molar-refractivity contribution in [2.24, 2.45) is 0 Å². The van der Waals surface area contributed by atoms with E-state index in [0.29, 0.717) is 11.5 Å². The zero-order valence-corrected chi connectivity index (χ0v) is 15.7. The molecule has 1 aliphatic carbocycles. The molecule has 4 nitrogen and oxygen atoms in total. The fraction of sp³-hybridized carbons (Fsp3) is 0.125. The Morgan fingerprint density at radius 3 is 2.04 bits per heavy atom. The van der Waals surface area contributed by atoms with Crippen LogP contribution >= 0.6 is 0 Å². The Morgan fingerprint density at radius 2 is 1.43 bits per heavy atom. The number of hydrogen-bond acceptors (Lipinski definition) is 4. The second-order valence-electron chi connectivity index (χ2n) is 6.44. The molecule has 4 heteroatoms. The van der Waals surface area contributed by atoms with Gasteiger partial charge in [0.25, 0.3) is 0 Å². The van der Waals surface area contributed by atoms with Crippen molar-refractivity contribution in [1.29, 1.82) is 0 Å². The molecule has 140 valence electrons. The number of benzene rings is 3. The molecular weight excluding hydrogens is 352 g/mol. The summed E-state index contributed by atoms with van der Waals surface area (Å²) in [6.07, 6.45) is 2.75. The third-order valence-corrected chi connectivity index (χ3v) is 4.83. The van der Waals surface area contributed by atoms with Crippen molar-refractivity contribution in [3.63, 3.8) is 0 Å². The Balaban J connectivity index is 1.55. The highest BCUT2D eigenvalue weighted by Crippen LogP contribution is 2.45. The van der Waals surface area contributed by atoms with Crippen LogP contribution in [0.25, 0.3) is 17.2 Å². The lowest BCUT2D eigenvalue weighted by atomic mass is 10.1. The van der Waals surface area contributed by atoms with Gasteiger partial charge in [-0.25, -0.2) is 4.79 Å². The van der Waals surface area contributed by atoms with E-state index in [1.165, 1.54) is 6.08 Å². The van der Waals surface area contributed by atoms with Crippen LogP contribution in [0.4, 0.5) is 0 Å². The summed E-state index contributed by atoms with van der Waals surface area (Å²) in [6, 6.07) is 21.5. The van der Waals surface area contributed by atoms with Gasteiger partial charge in [0, 0.05) is 17.2 Å². The number of carbonyl (C=O) groups is 1. The standard InChI is InChI=1S/C24H20O4/c1-26-21-13-11-16(15-22(21)27-2)12-14-23(25)28-24-19-9-5-3-7-17(19)18-8-4-6-10-20(18)24/h3-15,24H,1-2H3/b14-12+. The van der Waals surface area contributed by atoms with Crippen LogP contribution in [0.2, 0.25) is 0 Å². The highest BCUT2D eigenvalue weighted by molar-refractivity contribution is 5.88. The van der Waals surface area contributed by atoms with Gasteiger partial charge in [-0.1, -0.05) is 54.6 Å². The number of methoxy groups -OCH3 is 2. The lowest BCUT2D eigenvalue weighted by molar-refractivity contribution is -0.141. The van der Waals surface area contributed by atoms with E-state index in [9.17, 15) is 4.79 Å². The first-order valence-corrected chi connectivity index (χ1v) is 9.00. The maximum atomic E-state index is 12.5. The molecule has 0 spiro atoms. The van der Waals surface area contributed by atoms with Crippen molar-refractivity contribution in [3.8, 4) is 22.6 Å². The second-order valence-corrected chi connectivity index (χ2v) is 6.44. The minimum absolute atomic E-state index is 0.394. The lowest BCUT2D eigenvalue weighted by Gasteiger charge is -2.13. The molecule has 0 bridgehead atoms. The molecule has 0 aliphatic heterocycles. The summed E-state index contributed by atoms with van der Waals surface area (Å²) in [5, 5.41) is 0. The molecule has 0 amide bonds. The Kier molecular flexibility index (Phi) is 4.85. The smallest absolute Gasteiger partial charge is 0.331 e. The molecule has 0 heterocycles. The summed E-state index contributed by atoms with van der Waals surface area (Å²) in [5.74, 6) is 0.851. The topological polar surface area (TPSA) is 44.8 Å². The third kappa shape index (κ3) is 3.25. The van der Waals surface area contributed by atoms with E-state index >= 15 is 0 Å². The van der Waals surface area contributed by atoms with E-state index in [1.54, 1.807) is 26.4 Å². The summed E-state index contributed by atoms with van der Waals surface area (Å²) >= 11 is 0. The van der Waals surface area contributed by atoms with Crippen molar-refractivity contribution in [1.82, 2.24) is 0 Å². The Labute approximate surface area is 164 Å². The quantitative estimate of drug-likeness (QED) is 0.465. The van der Waals surface area contributed by atoms with Gasteiger partial charge in [0.2, 0.25) is 0 Å². The number of hydrogen-bond donors (Lipinski definition) is 0. The maximum Gasteiger partial charge on any atom is 0.331 e. The molecule has 0 fully saturated rings. The van der Waals surface area contributed by atoms with Gasteiger partial charge >= 0.3 is 5.97 Å². The monoisotopic (exact) mass is 372 g/mol. The summed E-state index contributed by atoms with van der Waals surface area (Å²) in [5.41, 5.74) is 5.06. The first-order chi connectivity index (χ1) is 13.7. The zero-order chi connectivity index (χ0) is 19.5. The van der Waals surface area contributed by atoms with Crippen LogP contribution in [-0.4, -0.2) is 20.2 Å². The van der Waals surface area contributed by atoms with Crippen LogP contribution in [0, 0.1) is 0 Å². The van der Waals surface area contributed by atoms with E-state index in [1.807, 2.05) is 48.5 Å². The zero-order valence-electron chi connectivity index (χ0n) is 15.7. The average molecular weight is 372 g/mol. The summed E-state index contributed by atoms with van der Waals surface area (Å²) < 4.78 is 16.3. The second kappa shape index (κ2) is 7.61. The van der Waals surface area contributed by atoms with Gasteiger partial charge in [0.15, 0.2) is 17.6 Å². The molecule has 28 heavy (non-hydrogen) atoms. The minimum Gasteiger partial charge on any atom is -0.493 e. The van der Waals surface area contributed by atoms with Gasteiger partial charge in [-0.3, -0.25) is 0 Å². The molecule has 4 rings (SSSR count). The number of ether oxygens (including phenoxy) is 3. The Hall–Kier alpha value is -3.53. The van der Waals surface area contributed by atoms with E-state index < -0.39 is 12.1 Å². The van der Waals surface area contributed by atoms with E-state index in [4.69, 9.17) is 14.2 Å². The predicted octanol–water partition coefficient (Wildman–Crippen LogP) is 5.03. The normalized spacial score (nSPS) is 12.5. The number of esters is 1. The third-order valence-electron chi connectivity index (χ3n) is 4.83. The van der Waals surface area contributed by atoms with Crippen molar-refractivity contribution in [2.45, 2.75) is 6.10 Å². The van der Waals surface area contributed by atoms with Crippen molar-refractivity contribution in [3.05, 3.63) is 89.5 Å². The molecule has 0 radical (unpaired) electrons. The van der Waals surface area contributed by atoms with E-state index in [2.05, 4.69) is 12.1 Å². The molecule has 0 aromatic heterocycles. The summed E-state index contributed by atoms with van der Waals surface area (Å²) in [4.78, 5) is 12.5. The maximum absolute atomic E-state index is 12.5. The van der Waals surface area contributed by atoms with Crippen LogP contribution < -0.4 is 9.47 Å². The molecule has 1 aliphatic rings. The van der Waals surface area contributed by atoms with Gasteiger partial charge < -0.3 is 14.2 Å². The van der Waals surface area contributed by atoms with Crippen LogP contribution in [0.1, 0.15) is 22.8 Å². The molecule has 0 saturated heterocycles. The Morgan fingerprint density at radius 1 is 0.821 bits per heavy atom. The largest absolute Gasteiger partial charge is 0.493 e. The van der Waals surface area contributed by atoms with Gasteiger partial charge in [-0.15, -0.1) is 0 Å². The van der Waals surface area contributed by atoms with Crippen LogP contribution in [-0.2, 0) is 9.53 Å².